The van der Waals surface area contributed by atoms with Crippen LogP contribution >= 0.6 is 0 Å². The molecule has 188 valence electrons. The van der Waals surface area contributed by atoms with Crippen LogP contribution in [0.2, 0.25) is 0 Å². The molecule has 1 aromatic heterocycles. The molecular weight excluding hydrogens is 489 g/mol. The lowest BCUT2D eigenvalue weighted by Gasteiger charge is -2.32. The quantitative estimate of drug-likeness (QED) is 0.461. The number of aliphatic carboxylic acids is 1. The second kappa shape index (κ2) is 10.9. The van der Waals surface area contributed by atoms with Crippen molar-refractivity contribution >= 4 is 16.0 Å². The number of ether oxygens (including phenoxy) is 1. The van der Waals surface area contributed by atoms with Crippen molar-refractivity contribution in [2.75, 3.05) is 6.61 Å². The van der Waals surface area contributed by atoms with Gasteiger partial charge in [-0.1, -0.05) is 42.5 Å². The monoisotopic (exact) mass is 512 g/mol. The van der Waals surface area contributed by atoms with Crippen molar-refractivity contribution in [2.45, 2.75) is 36.0 Å². The summed E-state index contributed by atoms with van der Waals surface area (Å²) < 4.78 is 69.6. The summed E-state index contributed by atoms with van der Waals surface area (Å²) in [5, 5.41) is 7.12. The number of carboxylic acid groups (broad SMARTS) is 1. The lowest BCUT2D eigenvalue weighted by molar-refractivity contribution is -0.192. The van der Waals surface area contributed by atoms with Crippen LogP contribution in [0.3, 0.4) is 0 Å². The van der Waals surface area contributed by atoms with Crippen LogP contribution in [0.25, 0.3) is 0 Å². The Hall–Kier alpha value is -3.35. The molecule has 4 N–H and O–H groups in total. The third kappa shape index (κ3) is 7.07. The van der Waals surface area contributed by atoms with Gasteiger partial charge in [0, 0.05) is 18.5 Å². The molecule has 35 heavy (non-hydrogen) atoms. The summed E-state index contributed by atoms with van der Waals surface area (Å²) in [6, 6.07) is 17.2. The molecule has 8 nitrogen and oxygen atoms in total. The summed E-state index contributed by atoms with van der Waals surface area (Å²) in [4.78, 5) is 9.00. The Morgan fingerprint density at radius 2 is 1.80 bits per heavy atom. The summed E-state index contributed by atoms with van der Waals surface area (Å²) in [6.07, 6.45) is -1.74. The summed E-state index contributed by atoms with van der Waals surface area (Å²) in [6.45, 7) is 0.644. The van der Waals surface area contributed by atoms with Gasteiger partial charge < -0.3 is 20.0 Å². The van der Waals surface area contributed by atoms with Gasteiger partial charge in [-0.25, -0.2) is 17.9 Å². The second-order valence-corrected chi connectivity index (χ2v) is 9.50. The lowest BCUT2D eigenvalue weighted by Crippen LogP contribution is -2.39. The van der Waals surface area contributed by atoms with Gasteiger partial charge in [-0.05, 0) is 35.2 Å². The molecule has 0 saturated heterocycles. The zero-order valence-corrected chi connectivity index (χ0v) is 19.1. The molecular formula is C23H23F3N2O6S. The lowest BCUT2D eigenvalue weighted by atomic mass is 9.84. The molecule has 2 aromatic carbocycles. The van der Waals surface area contributed by atoms with Gasteiger partial charge in [0.25, 0.3) is 0 Å². The standard InChI is InChI=1S/C21H22N2O4S.C2HF3O2/c22-20-14-27-21-7-6-16(12-23-28(24,25)17-8-9-26-13-17)11-19(21)18(20)10-15-4-2-1-3-5-15;3-2(4,5)1(6)7/h1-9,11,13,18,20,23H,10,12,14,22H2;(H,6,7). The van der Waals surface area contributed by atoms with Gasteiger partial charge in [-0.3, -0.25) is 0 Å². The smallest absolute Gasteiger partial charge is 0.490 e. The summed E-state index contributed by atoms with van der Waals surface area (Å²) in [5.41, 5.74) is 9.43. The summed E-state index contributed by atoms with van der Waals surface area (Å²) in [5.74, 6) is -1.84. The Labute approximate surface area is 199 Å². The molecule has 1 aliphatic heterocycles. The van der Waals surface area contributed by atoms with Crippen molar-refractivity contribution in [3.8, 4) is 5.75 Å². The van der Waals surface area contributed by atoms with E-state index in [-0.39, 0.29) is 23.4 Å². The second-order valence-electron chi connectivity index (χ2n) is 7.73. The Morgan fingerprint density at radius 3 is 2.40 bits per heavy atom. The van der Waals surface area contributed by atoms with E-state index in [1.807, 2.05) is 36.4 Å². The van der Waals surface area contributed by atoms with Gasteiger partial charge in [0.2, 0.25) is 10.0 Å². The summed E-state index contributed by atoms with van der Waals surface area (Å²) >= 11 is 0. The first-order valence-electron chi connectivity index (χ1n) is 10.3. The molecule has 2 unspecified atom stereocenters. The van der Waals surface area contributed by atoms with Gasteiger partial charge in [0.05, 0.1) is 6.26 Å². The number of nitrogens with one attached hydrogen (secondary N) is 1. The summed E-state index contributed by atoms with van der Waals surface area (Å²) in [7, 11) is -3.61. The Morgan fingerprint density at radius 1 is 1.11 bits per heavy atom. The highest BCUT2D eigenvalue weighted by molar-refractivity contribution is 7.89. The van der Waals surface area contributed by atoms with Crippen LogP contribution < -0.4 is 15.2 Å². The maximum absolute atomic E-state index is 12.3. The molecule has 0 spiro atoms. The molecule has 0 saturated carbocycles. The molecule has 0 amide bonds. The third-order valence-electron chi connectivity index (χ3n) is 5.23. The minimum absolute atomic E-state index is 0.108. The van der Waals surface area contributed by atoms with Crippen LogP contribution in [0.5, 0.6) is 5.75 Å². The number of carboxylic acids is 1. The maximum atomic E-state index is 12.3. The molecule has 1 aliphatic rings. The van der Waals surface area contributed by atoms with Crippen LogP contribution in [-0.2, 0) is 27.8 Å². The largest absolute Gasteiger partial charge is 0.492 e. The molecule has 0 bridgehead atoms. The highest BCUT2D eigenvalue weighted by Crippen LogP contribution is 2.36. The Kier molecular flexibility index (Phi) is 8.20. The van der Waals surface area contributed by atoms with Crippen LogP contribution in [0, 0.1) is 0 Å². The fraction of sp³-hybridized carbons (Fsp3) is 0.261. The number of hydrogen-bond donors (Lipinski definition) is 3. The molecule has 3 aromatic rings. The Bertz CT molecular complexity index is 1230. The number of hydrogen-bond acceptors (Lipinski definition) is 6. The molecule has 2 atom stereocenters. The normalized spacial score (nSPS) is 17.5. The van der Waals surface area contributed by atoms with Crippen molar-refractivity contribution in [1.29, 1.82) is 0 Å². The van der Waals surface area contributed by atoms with Gasteiger partial charge in [0.15, 0.2) is 0 Å². The average molecular weight is 513 g/mol. The fourth-order valence-electron chi connectivity index (χ4n) is 3.46. The average Bonchev–Trinajstić information content (AvgIpc) is 3.36. The molecule has 0 aliphatic carbocycles. The van der Waals surface area contributed by atoms with Crippen molar-refractivity contribution < 1.29 is 40.6 Å². The minimum atomic E-state index is -5.08. The van der Waals surface area contributed by atoms with Crippen LogP contribution in [0.1, 0.15) is 22.6 Å². The van der Waals surface area contributed by atoms with Crippen molar-refractivity contribution in [3.05, 3.63) is 83.8 Å². The minimum Gasteiger partial charge on any atom is -0.492 e. The first-order chi connectivity index (χ1) is 16.5. The van der Waals surface area contributed by atoms with Crippen molar-refractivity contribution in [3.63, 3.8) is 0 Å². The number of alkyl halides is 3. The number of benzene rings is 2. The Balaban J connectivity index is 0.000000429. The van der Waals surface area contributed by atoms with Crippen LogP contribution in [0.15, 0.2) is 76.4 Å². The maximum Gasteiger partial charge on any atom is 0.490 e. The number of rotatable bonds is 6. The SMILES string of the molecule is NC1COc2ccc(CNS(=O)(=O)c3ccoc3)cc2C1Cc1ccccc1.O=C(O)C(F)(F)F. The van der Waals surface area contributed by atoms with E-state index in [0.717, 1.165) is 23.3 Å². The van der Waals surface area contributed by atoms with Crippen LogP contribution in [0.4, 0.5) is 13.2 Å². The van der Waals surface area contributed by atoms with Crippen molar-refractivity contribution in [2.24, 2.45) is 5.73 Å². The highest BCUT2D eigenvalue weighted by Gasteiger charge is 2.38. The number of furan rings is 1. The zero-order chi connectivity index (χ0) is 25.6. The molecule has 0 fully saturated rings. The third-order valence-corrected chi connectivity index (χ3v) is 6.61. The fourth-order valence-corrected chi connectivity index (χ4v) is 4.40. The molecule has 12 heteroatoms. The molecule has 0 radical (unpaired) electrons. The van der Waals surface area contributed by atoms with Gasteiger partial charge in [-0.15, -0.1) is 0 Å². The van der Waals surface area contributed by atoms with E-state index in [1.54, 1.807) is 0 Å². The van der Waals surface area contributed by atoms with E-state index in [2.05, 4.69) is 16.9 Å². The zero-order valence-electron chi connectivity index (χ0n) is 18.2. The molecule has 4 rings (SSSR count). The number of sulfonamides is 1. The van der Waals surface area contributed by atoms with E-state index in [0.29, 0.717) is 6.61 Å². The van der Waals surface area contributed by atoms with E-state index >= 15 is 0 Å². The van der Waals surface area contributed by atoms with E-state index in [9.17, 15) is 21.6 Å². The highest BCUT2D eigenvalue weighted by atomic mass is 32.2. The first kappa shape index (κ1) is 26.3. The predicted molar refractivity (Wildman–Crippen MR) is 119 cm³/mol. The van der Waals surface area contributed by atoms with E-state index < -0.39 is 22.2 Å². The van der Waals surface area contributed by atoms with E-state index in [4.69, 9.17) is 24.8 Å². The predicted octanol–water partition coefficient (Wildman–Crippen LogP) is 3.44. The van der Waals surface area contributed by atoms with Gasteiger partial charge in [0.1, 0.15) is 23.5 Å². The number of nitrogens with two attached hydrogens (primary N) is 1. The number of fused-ring (bicyclic) bond motifs is 1. The van der Waals surface area contributed by atoms with Gasteiger partial charge in [-0.2, -0.15) is 13.2 Å². The number of halogens is 3. The number of carbonyl (C=O) groups is 1. The van der Waals surface area contributed by atoms with Crippen molar-refractivity contribution in [1.82, 2.24) is 4.72 Å². The van der Waals surface area contributed by atoms with Gasteiger partial charge >= 0.3 is 12.1 Å². The van der Waals surface area contributed by atoms with E-state index in [1.165, 1.54) is 24.2 Å². The topological polar surface area (TPSA) is 132 Å². The van der Waals surface area contributed by atoms with Crippen LogP contribution in [-0.4, -0.2) is 38.3 Å². The first-order valence-corrected chi connectivity index (χ1v) is 11.8. The molecule has 2 heterocycles.